The molecule has 1 aromatic carbocycles. The molecule has 3 atom stereocenters. The summed E-state index contributed by atoms with van der Waals surface area (Å²) < 4.78 is 52.9. The van der Waals surface area contributed by atoms with Gasteiger partial charge in [0.05, 0.1) is 33.5 Å². The molecule has 2 aliphatic carbocycles. The van der Waals surface area contributed by atoms with Gasteiger partial charge in [0.25, 0.3) is 10.0 Å². The Kier molecular flexibility index (Phi) is 6.07. The molecule has 0 unspecified atom stereocenters. The molecule has 0 radical (unpaired) electrons. The van der Waals surface area contributed by atoms with Crippen LogP contribution in [-0.4, -0.2) is 42.8 Å². The lowest BCUT2D eigenvalue weighted by Crippen LogP contribution is -2.25. The number of benzene rings is 1. The van der Waals surface area contributed by atoms with Crippen molar-refractivity contribution in [3.63, 3.8) is 0 Å². The first-order valence-corrected chi connectivity index (χ1v) is 15.3. The average Bonchev–Trinajstić information content (AvgIpc) is 3.48. The van der Waals surface area contributed by atoms with Crippen molar-refractivity contribution in [2.24, 2.45) is 11.8 Å². The summed E-state index contributed by atoms with van der Waals surface area (Å²) >= 11 is 0. The lowest BCUT2D eigenvalue weighted by molar-refractivity contribution is 0.476. The number of anilines is 2. The lowest BCUT2D eigenvalue weighted by atomic mass is 10.00. The van der Waals surface area contributed by atoms with Crippen molar-refractivity contribution < 1.29 is 16.8 Å². The van der Waals surface area contributed by atoms with Crippen molar-refractivity contribution in [1.29, 1.82) is 0 Å². The van der Waals surface area contributed by atoms with E-state index in [1.165, 1.54) is 16.4 Å². The number of rotatable bonds is 8. The standard InChI is InChI=1S/C25H32N4O4S2/c1-3-18-12-17(15-34(30,31)19-8-9-19)13-23(18)28-24-21-10-11-29(25(21)27-14-22(24)26)35(32,33)20-6-4-16(2)5-7-20/h4-7,10-11,14,17-19,23H,3,8-9,12-13,15,26H2,1-2H3,(H,27,28)/t17-,18+,23-/m0/s1. The van der Waals surface area contributed by atoms with Crippen LogP contribution in [0.25, 0.3) is 11.0 Å². The van der Waals surface area contributed by atoms with Crippen molar-refractivity contribution in [2.75, 3.05) is 16.8 Å². The average molecular weight is 517 g/mol. The maximum atomic E-state index is 13.3. The molecule has 2 heterocycles. The number of aromatic nitrogens is 2. The highest BCUT2D eigenvalue weighted by atomic mass is 32.2. The van der Waals surface area contributed by atoms with Crippen molar-refractivity contribution >= 4 is 42.3 Å². The van der Waals surface area contributed by atoms with Crippen molar-refractivity contribution in [3.05, 3.63) is 48.3 Å². The molecule has 10 heteroatoms. The molecule has 8 nitrogen and oxygen atoms in total. The predicted octanol–water partition coefficient (Wildman–Crippen LogP) is 3.96. The van der Waals surface area contributed by atoms with Gasteiger partial charge in [0.1, 0.15) is 0 Å². The molecule has 188 valence electrons. The lowest BCUT2D eigenvalue weighted by Gasteiger charge is -2.22. The van der Waals surface area contributed by atoms with E-state index >= 15 is 0 Å². The first-order valence-electron chi connectivity index (χ1n) is 12.2. The third-order valence-corrected chi connectivity index (χ3v) is 11.5. The van der Waals surface area contributed by atoms with Gasteiger partial charge in [-0.3, -0.25) is 0 Å². The fourth-order valence-electron chi connectivity index (χ4n) is 5.34. The van der Waals surface area contributed by atoms with E-state index in [1.54, 1.807) is 30.3 Å². The van der Waals surface area contributed by atoms with Gasteiger partial charge in [0.2, 0.25) is 0 Å². The van der Waals surface area contributed by atoms with Gasteiger partial charge < -0.3 is 11.1 Å². The van der Waals surface area contributed by atoms with Crippen LogP contribution in [0.2, 0.25) is 0 Å². The summed E-state index contributed by atoms with van der Waals surface area (Å²) in [7, 11) is -6.84. The van der Waals surface area contributed by atoms with E-state index in [4.69, 9.17) is 5.73 Å². The Hall–Kier alpha value is -2.59. The van der Waals surface area contributed by atoms with E-state index in [9.17, 15) is 16.8 Å². The molecule has 0 saturated heterocycles. The number of hydrogen-bond donors (Lipinski definition) is 2. The van der Waals surface area contributed by atoms with Gasteiger partial charge in [-0.05, 0) is 62.6 Å². The number of hydrogen-bond acceptors (Lipinski definition) is 7. The van der Waals surface area contributed by atoms with Gasteiger partial charge in [0, 0.05) is 17.6 Å². The van der Waals surface area contributed by atoms with Gasteiger partial charge in [-0.25, -0.2) is 25.8 Å². The SMILES string of the molecule is CC[C@@H]1C[C@H](CS(=O)(=O)C2CC2)C[C@@H]1Nc1c(N)cnc2c1ccn2S(=O)(=O)c1ccc(C)cc1. The summed E-state index contributed by atoms with van der Waals surface area (Å²) in [6.07, 6.45) is 7.11. The molecule has 2 aromatic heterocycles. The van der Waals surface area contributed by atoms with Crippen LogP contribution < -0.4 is 11.1 Å². The van der Waals surface area contributed by atoms with Crippen molar-refractivity contribution in [1.82, 2.24) is 8.96 Å². The minimum absolute atomic E-state index is 0.0596. The Morgan fingerprint density at radius 2 is 1.80 bits per heavy atom. The number of aryl methyl sites for hydroxylation is 1. The zero-order valence-electron chi connectivity index (χ0n) is 20.0. The van der Waals surface area contributed by atoms with E-state index in [1.807, 2.05) is 6.92 Å². The van der Waals surface area contributed by atoms with Crippen LogP contribution in [0.15, 0.2) is 47.6 Å². The fraction of sp³-hybridized carbons (Fsp3) is 0.480. The fourth-order valence-corrected chi connectivity index (χ4v) is 8.70. The van der Waals surface area contributed by atoms with E-state index < -0.39 is 19.9 Å². The van der Waals surface area contributed by atoms with Gasteiger partial charge in [-0.1, -0.05) is 31.0 Å². The highest BCUT2D eigenvalue weighted by molar-refractivity contribution is 7.92. The van der Waals surface area contributed by atoms with E-state index in [2.05, 4.69) is 17.2 Å². The predicted molar refractivity (Wildman–Crippen MR) is 139 cm³/mol. The number of fused-ring (bicyclic) bond motifs is 1. The van der Waals surface area contributed by atoms with E-state index in [0.29, 0.717) is 28.3 Å². The second-order valence-electron chi connectivity index (χ2n) is 10.0. The summed E-state index contributed by atoms with van der Waals surface area (Å²) in [6.45, 7) is 4.02. The van der Waals surface area contributed by atoms with Gasteiger partial charge in [0.15, 0.2) is 15.5 Å². The van der Waals surface area contributed by atoms with Crippen LogP contribution in [0.3, 0.4) is 0 Å². The van der Waals surface area contributed by atoms with Crippen LogP contribution in [-0.2, 0) is 19.9 Å². The third-order valence-electron chi connectivity index (χ3n) is 7.43. The largest absolute Gasteiger partial charge is 0.396 e. The Balaban J connectivity index is 1.44. The second-order valence-corrected chi connectivity index (χ2v) is 14.2. The minimum atomic E-state index is -3.82. The molecule has 35 heavy (non-hydrogen) atoms. The van der Waals surface area contributed by atoms with Crippen molar-refractivity contribution in [2.45, 2.75) is 62.1 Å². The first-order chi connectivity index (χ1) is 16.6. The molecule has 0 aliphatic heterocycles. The van der Waals surface area contributed by atoms with Crippen LogP contribution in [0.4, 0.5) is 11.4 Å². The summed E-state index contributed by atoms with van der Waals surface area (Å²) in [5.41, 5.74) is 8.68. The molecule has 0 bridgehead atoms. The maximum absolute atomic E-state index is 13.3. The second kappa shape index (κ2) is 8.81. The quantitative estimate of drug-likeness (QED) is 0.464. The van der Waals surface area contributed by atoms with Gasteiger partial charge in [-0.15, -0.1) is 0 Å². The number of nitrogens with one attached hydrogen (secondary N) is 1. The number of nitrogen functional groups attached to an aromatic ring is 1. The van der Waals surface area contributed by atoms with E-state index in [0.717, 1.165) is 37.7 Å². The van der Waals surface area contributed by atoms with Crippen LogP contribution >= 0.6 is 0 Å². The van der Waals surface area contributed by atoms with E-state index in [-0.39, 0.29) is 27.9 Å². The normalized spacial score (nSPS) is 23.1. The Labute approximate surface area is 206 Å². The smallest absolute Gasteiger partial charge is 0.269 e. The number of nitrogens with zero attached hydrogens (tertiary/aromatic N) is 2. The molecular weight excluding hydrogens is 484 g/mol. The molecule has 0 amide bonds. The molecule has 3 aromatic rings. The Morgan fingerprint density at radius 3 is 2.46 bits per heavy atom. The Bertz CT molecular complexity index is 1460. The molecule has 3 N–H and O–H groups in total. The topological polar surface area (TPSA) is 124 Å². The summed E-state index contributed by atoms with van der Waals surface area (Å²) in [5.74, 6) is 0.683. The van der Waals surface area contributed by atoms with Crippen LogP contribution in [0.1, 0.15) is 44.6 Å². The molecule has 2 aliphatic rings. The highest BCUT2D eigenvalue weighted by Crippen LogP contribution is 2.41. The molecule has 0 spiro atoms. The third kappa shape index (κ3) is 4.53. The zero-order valence-corrected chi connectivity index (χ0v) is 21.6. The van der Waals surface area contributed by atoms with Crippen LogP contribution in [0.5, 0.6) is 0 Å². The molecule has 2 fully saturated rings. The summed E-state index contributed by atoms with van der Waals surface area (Å²) in [4.78, 5) is 4.54. The van der Waals surface area contributed by atoms with Gasteiger partial charge >= 0.3 is 0 Å². The van der Waals surface area contributed by atoms with Crippen LogP contribution in [0, 0.1) is 18.8 Å². The summed E-state index contributed by atoms with van der Waals surface area (Å²) in [5, 5.41) is 4.05. The Morgan fingerprint density at radius 1 is 1.09 bits per heavy atom. The number of sulfone groups is 1. The van der Waals surface area contributed by atoms with Gasteiger partial charge in [-0.2, -0.15) is 0 Å². The highest BCUT2D eigenvalue weighted by Gasteiger charge is 2.41. The molecule has 5 rings (SSSR count). The maximum Gasteiger partial charge on any atom is 0.269 e. The number of pyridine rings is 1. The zero-order chi connectivity index (χ0) is 25.0. The van der Waals surface area contributed by atoms with Crippen molar-refractivity contribution in [3.8, 4) is 0 Å². The summed E-state index contributed by atoms with van der Waals surface area (Å²) in [6, 6.07) is 8.49. The number of nitrogens with two attached hydrogens (primary N) is 1. The molecule has 2 saturated carbocycles. The minimum Gasteiger partial charge on any atom is -0.396 e. The molecular formula is C25H32N4O4S2. The first kappa shape index (κ1) is 24.1. The monoisotopic (exact) mass is 516 g/mol.